The summed E-state index contributed by atoms with van der Waals surface area (Å²) < 4.78 is 30.4. The van der Waals surface area contributed by atoms with Crippen molar-refractivity contribution in [1.82, 2.24) is 5.32 Å². The highest BCUT2D eigenvalue weighted by atomic mass is 16.7. The number of fused-ring (bicyclic) bond motifs is 1. The molecule has 7 heteroatoms. The monoisotopic (exact) mass is 377 g/mol. The van der Waals surface area contributed by atoms with Crippen molar-refractivity contribution in [2.24, 2.45) is 0 Å². The summed E-state index contributed by atoms with van der Waals surface area (Å²) in [7, 11) is 1.51. The number of rotatable bonds is 8. The minimum atomic E-state index is -0.699. The molecular weight excluding hydrogens is 345 g/mol. The molecule has 0 aromatic heterocycles. The van der Waals surface area contributed by atoms with Gasteiger partial charge in [0.15, 0.2) is 11.5 Å². The van der Waals surface area contributed by atoms with E-state index in [9.17, 15) is 0 Å². The van der Waals surface area contributed by atoms with Gasteiger partial charge < -0.3 is 28.8 Å². The van der Waals surface area contributed by atoms with Gasteiger partial charge in [0.05, 0.1) is 17.8 Å². The lowest BCUT2D eigenvalue weighted by Gasteiger charge is -2.32. The van der Waals surface area contributed by atoms with Crippen molar-refractivity contribution in [3.05, 3.63) is 18.2 Å². The average molecular weight is 377 g/mol. The van der Waals surface area contributed by atoms with Crippen molar-refractivity contribution >= 4 is 12.6 Å². The summed E-state index contributed by atoms with van der Waals surface area (Å²) in [6.07, 6.45) is 1.40. The summed E-state index contributed by atoms with van der Waals surface area (Å²) in [6, 6.07) is 5.90. The maximum absolute atomic E-state index is 6.29. The molecule has 2 heterocycles. The van der Waals surface area contributed by atoms with Crippen LogP contribution in [0.1, 0.15) is 47.5 Å². The van der Waals surface area contributed by atoms with Crippen LogP contribution in [0.25, 0.3) is 0 Å². The molecule has 1 unspecified atom stereocenters. The Morgan fingerprint density at radius 3 is 2.30 bits per heavy atom. The van der Waals surface area contributed by atoms with Gasteiger partial charge in [-0.1, -0.05) is 6.07 Å². The van der Waals surface area contributed by atoms with Crippen LogP contribution in [0.4, 0.5) is 0 Å². The van der Waals surface area contributed by atoms with E-state index in [1.54, 1.807) is 0 Å². The van der Waals surface area contributed by atoms with Gasteiger partial charge in [-0.2, -0.15) is 0 Å². The van der Waals surface area contributed by atoms with E-state index in [1.165, 1.54) is 0 Å². The SMILES string of the molecule is CCOCCC1(CCNC)Oc2ccc(B3OC(C)(C)C(C)(C)O3)cc2O1. The van der Waals surface area contributed by atoms with Crippen molar-refractivity contribution in [1.29, 1.82) is 0 Å². The lowest BCUT2D eigenvalue weighted by molar-refractivity contribution is -0.104. The molecule has 150 valence electrons. The standard InChI is InChI=1S/C20H32BNO5/c1-7-23-13-11-20(10-12-22-6)24-16-9-8-15(14-17(16)25-20)21-26-18(2,3)19(4,5)27-21/h8-9,14,22H,7,10-13H2,1-6H3. The molecule has 2 aliphatic heterocycles. The zero-order valence-corrected chi connectivity index (χ0v) is 17.4. The topological polar surface area (TPSA) is 58.2 Å². The van der Waals surface area contributed by atoms with E-state index in [4.69, 9.17) is 23.5 Å². The van der Waals surface area contributed by atoms with E-state index < -0.39 is 12.9 Å². The van der Waals surface area contributed by atoms with Crippen molar-refractivity contribution in [3.8, 4) is 11.5 Å². The van der Waals surface area contributed by atoms with Crippen LogP contribution in [-0.4, -0.2) is 50.9 Å². The first kappa shape index (κ1) is 20.5. The summed E-state index contributed by atoms with van der Waals surface area (Å²) in [4.78, 5) is 0. The Morgan fingerprint density at radius 1 is 1.00 bits per heavy atom. The van der Waals surface area contributed by atoms with Gasteiger partial charge in [-0.25, -0.2) is 0 Å². The summed E-state index contributed by atoms with van der Waals surface area (Å²) in [5.41, 5.74) is 0.190. The second-order valence-electron chi connectivity index (χ2n) is 8.21. The number of nitrogens with one attached hydrogen (secondary N) is 1. The van der Waals surface area contributed by atoms with Crippen LogP contribution in [0.2, 0.25) is 0 Å². The molecule has 27 heavy (non-hydrogen) atoms. The zero-order valence-electron chi connectivity index (χ0n) is 17.4. The van der Waals surface area contributed by atoms with Crippen LogP contribution in [-0.2, 0) is 14.0 Å². The van der Waals surface area contributed by atoms with E-state index in [2.05, 4.69) is 33.0 Å². The molecule has 3 rings (SSSR count). The maximum Gasteiger partial charge on any atom is 0.494 e. The normalized spacial score (nSPS) is 25.2. The molecule has 1 fully saturated rings. The average Bonchev–Trinajstić information content (AvgIpc) is 3.06. The highest BCUT2D eigenvalue weighted by Crippen LogP contribution is 2.42. The van der Waals surface area contributed by atoms with Crippen molar-refractivity contribution < 1.29 is 23.5 Å². The quantitative estimate of drug-likeness (QED) is 0.555. The zero-order chi connectivity index (χ0) is 19.7. The molecular formula is C20H32BNO5. The van der Waals surface area contributed by atoms with E-state index in [-0.39, 0.29) is 11.2 Å². The first-order chi connectivity index (χ1) is 12.7. The van der Waals surface area contributed by atoms with Crippen LogP contribution in [0, 0.1) is 0 Å². The number of hydrogen-bond acceptors (Lipinski definition) is 6. The molecule has 6 nitrogen and oxygen atoms in total. The molecule has 0 saturated carbocycles. The molecule has 2 aliphatic rings. The van der Waals surface area contributed by atoms with Gasteiger partial charge in [-0.15, -0.1) is 0 Å². The van der Waals surface area contributed by atoms with Gasteiger partial charge in [0.25, 0.3) is 5.79 Å². The minimum Gasteiger partial charge on any atom is -0.448 e. The number of ether oxygens (including phenoxy) is 3. The van der Waals surface area contributed by atoms with Gasteiger partial charge in [0.1, 0.15) is 0 Å². The Hall–Kier alpha value is -1.28. The first-order valence-electron chi connectivity index (χ1n) is 9.82. The van der Waals surface area contributed by atoms with Crippen LogP contribution in [0.3, 0.4) is 0 Å². The Balaban J connectivity index is 1.77. The molecule has 1 saturated heterocycles. The maximum atomic E-state index is 6.29. The summed E-state index contributed by atoms with van der Waals surface area (Å²) in [6.45, 7) is 12.3. The van der Waals surface area contributed by atoms with Gasteiger partial charge >= 0.3 is 7.12 Å². The molecule has 1 aromatic carbocycles. The van der Waals surface area contributed by atoms with Gasteiger partial charge in [0.2, 0.25) is 0 Å². The van der Waals surface area contributed by atoms with E-state index in [0.29, 0.717) is 19.6 Å². The fraction of sp³-hybridized carbons (Fsp3) is 0.700. The Labute approximate surface area is 163 Å². The minimum absolute atomic E-state index is 0.373. The fourth-order valence-electron chi connectivity index (χ4n) is 3.25. The fourth-order valence-corrected chi connectivity index (χ4v) is 3.25. The third kappa shape index (κ3) is 4.11. The molecule has 0 aliphatic carbocycles. The van der Waals surface area contributed by atoms with E-state index in [0.717, 1.165) is 29.9 Å². The highest BCUT2D eigenvalue weighted by molar-refractivity contribution is 6.62. The lowest BCUT2D eigenvalue weighted by atomic mass is 9.79. The Morgan fingerprint density at radius 2 is 1.67 bits per heavy atom. The van der Waals surface area contributed by atoms with Crippen molar-refractivity contribution in [3.63, 3.8) is 0 Å². The van der Waals surface area contributed by atoms with Crippen molar-refractivity contribution in [2.75, 3.05) is 26.8 Å². The third-order valence-corrected chi connectivity index (χ3v) is 5.67. The second-order valence-corrected chi connectivity index (χ2v) is 8.21. The van der Waals surface area contributed by atoms with Gasteiger partial charge in [-0.3, -0.25) is 0 Å². The molecule has 0 amide bonds. The second kappa shape index (κ2) is 7.62. The van der Waals surface area contributed by atoms with Gasteiger partial charge in [0, 0.05) is 26.0 Å². The molecule has 0 radical (unpaired) electrons. The van der Waals surface area contributed by atoms with Gasteiger partial charge in [-0.05, 0) is 59.3 Å². The van der Waals surface area contributed by atoms with Crippen LogP contribution < -0.4 is 20.3 Å². The summed E-state index contributed by atoms with van der Waals surface area (Å²) in [5, 5.41) is 3.17. The molecule has 0 bridgehead atoms. The highest BCUT2D eigenvalue weighted by Gasteiger charge is 2.52. The van der Waals surface area contributed by atoms with Crippen LogP contribution >= 0.6 is 0 Å². The van der Waals surface area contributed by atoms with E-state index in [1.807, 2.05) is 32.2 Å². The largest absolute Gasteiger partial charge is 0.494 e. The Kier molecular flexibility index (Phi) is 5.78. The molecule has 0 spiro atoms. The van der Waals surface area contributed by atoms with Crippen LogP contribution in [0.15, 0.2) is 18.2 Å². The predicted octanol–water partition coefficient (Wildman–Crippen LogP) is 2.49. The molecule has 1 aromatic rings. The molecule has 1 atom stereocenters. The van der Waals surface area contributed by atoms with Crippen LogP contribution in [0.5, 0.6) is 11.5 Å². The molecule has 1 N–H and O–H groups in total. The van der Waals surface area contributed by atoms with E-state index >= 15 is 0 Å². The lowest BCUT2D eigenvalue weighted by Crippen LogP contribution is -2.42. The number of hydrogen-bond donors (Lipinski definition) is 1. The summed E-state index contributed by atoms with van der Waals surface area (Å²) in [5.74, 6) is 0.785. The first-order valence-corrected chi connectivity index (χ1v) is 9.82. The Bertz CT molecular complexity index is 650. The third-order valence-electron chi connectivity index (χ3n) is 5.67. The predicted molar refractivity (Wildman–Crippen MR) is 106 cm³/mol. The summed E-state index contributed by atoms with van der Waals surface area (Å²) >= 11 is 0. The van der Waals surface area contributed by atoms with Crippen molar-refractivity contribution in [2.45, 2.75) is 64.4 Å². The number of benzene rings is 1. The smallest absolute Gasteiger partial charge is 0.448 e.